The van der Waals surface area contributed by atoms with E-state index in [-0.39, 0.29) is 10.9 Å². The number of rotatable bonds is 5. The van der Waals surface area contributed by atoms with Gasteiger partial charge < -0.3 is 16.4 Å². The summed E-state index contributed by atoms with van der Waals surface area (Å²) in [6.45, 7) is 0.496. The van der Waals surface area contributed by atoms with Crippen LogP contribution in [-0.4, -0.2) is 24.5 Å². The van der Waals surface area contributed by atoms with Gasteiger partial charge in [0.1, 0.15) is 4.99 Å². The van der Waals surface area contributed by atoms with Gasteiger partial charge in [0.2, 0.25) is 5.91 Å². The molecular weight excluding hydrogens is 258 g/mol. The lowest BCUT2D eigenvalue weighted by atomic mass is 10.1. The van der Waals surface area contributed by atoms with Crippen LogP contribution in [0.25, 0.3) is 0 Å². The molecule has 1 aromatic carbocycles. The van der Waals surface area contributed by atoms with E-state index in [4.69, 9.17) is 29.6 Å². The number of thiocarbonyl (C=S) groups is 1. The predicted octanol–water partition coefficient (Wildman–Crippen LogP) is 1.52. The minimum absolute atomic E-state index is 0.0311. The fourth-order valence-corrected chi connectivity index (χ4v) is 1.91. The Morgan fingerprint density at radius 1 is 1.53 bits per heavy atom. The van der Waals surface area contributed by atoms with Crippen molar-refractivity contribution in [2.45, 2.75) is 6.42 Å². The first-order chi connectivity index (χ1) is 8.06. The average Bonchev–Trinajstić information content (AvgIpc) is 2.28. The molecule has 6 heteroatoms. The number of anilines is 1. The molecule has 0 fully saturated rings. The third-order valence-corrected chi connectivity index (χ3v) is 2.73. The second-order valence-electron chi connectivity index (χ2n) is 3.38. The minimum atomic E-state index is -0.0311. The Hall–Kier alpha value is -1.33. The Labute approximate surface area is 111 Å². The number of nitrogens with one attached hydrogen (secondary N) is 2. The molecule has 0 aliphatic heterocycles. The van der Waals surface area contributed by atoms with E-state index in [9.17, 15) is 4.79 Å². The predicted molar refractivity (Wildman–Crippen MR) is 74.5 cm³/mol. The van der Waals surface area contributed by atoms with Crippen molar-refractivity contribution in [3.8, 4) is 0 Å². The zero-order valence-electron chi connectivity index (χ0n) is 9.42. The second kappa shape index (κ2) is 6.42. The molecule has 1 amide bonds. The molecule has 1 rings (SSSR count). The average molecular weight is 272 g/mol. The van der Waals surface area contributed by atoms with Gasteiger partial charge in [-0.3, -0.25) is 4.79 Å². The van der Waals surface area contributed by atoms with Crippen molar-refractivity contribution in [1.82, 2.24) is 5.32 Å². The molecule has 0 heterocycles. The molecule has 0 spiro atoms. The van der Waals surface area contributed by atoms with E-state index in [0.717, 1.165) is 5.69 Å². The molecule has 0 atom stereocenters. The van der Waals surface area contributed by atoms with E-state index < -0.39 is 0 Å². The maximum atomic E-state index is 11.1. The maximum Gasteiger partial charge on any atom is 0.221 e. The number of hydrogen-bond acceptors (Lipinski definition) is 3. The molecule has 92 valence electrons. The van der Waals surface area contributed by atoms with E-state index in [1.807, 2.05) is 6.07 Å². The SMILES string of the molecule is CNC(=O)CCNc1cccc(Cl)c1C(N)=S. The number of amides is 1. The lowest BCUT2D eigenvalue weighted by Gasteiger charge is -2.12. The molecule has 0 unspecified atom stereocenters. The molecule has 0 saturated heterocycles. The fraction of sp³-hybridized carbons (Fsp3) is 0.273. The van der Waals surface area contributed by atoms with Crippen molar-refractivity contribution in [2.24, 2.45) is 5.73 Å². The summed E-state index contributed by atoms with van der Waals surface area (Å²) in [6.07, 6.45) is 0.375. The highest BCUT2D eigenvalue weighted by Gasteiger charge is 2.09. The monoisotopic (exact) mass is 271 g/mol. The quantitative estimate of drug-likeness (QED) is 0.711. The van der Waals surface area contributed by atoms with Gasteiger partial charge in [-0.2, -0.15) is 0 Å². The van der Waals surface area contributed by atoms with Gasteiger partial charge >= 0.3 is 0 Å². The molecule has 1 aromatic rings. The van der Waals surface area contributed by atoms with Gasteiger partial charge in [0, 0.05) is 25.7 Å². The van der Waals surface area contributed by atoms with Gasteiger partial charge in [0.05, 0.1) is 10.6 Å². The van der Waals surface area contributed by atoms with Crippen LogP contribution >= 0.6 is 23.8 Å². The second-order valence-corrected chi connectivity index (χ2v) is 4.22. The first kappa shape index (κ1) is 13.7. The molecule has 0 saturated carbocycles. The number of halogens is 1. The Kier molecular flexibility index (Phi) is 5.18. The van der Waals surface area contributed by atoms with Crippen molar-refractivity contribution in [2.75, 3.05) is 18.9 Å². The molecule has 17 heavy (non-hydrogen) atoms. The van der Waals surface area contributed by atoms with Gasteiger partial charge in [-0.15, -0.1) is 0 Å². The lowest BCUT2D eigenvalue weighted by Crippen LogP contribution is -2.21. The summed E-state index contributed by atoms with van der Waals surface area (Å²) >= 11 is 10.9. The van der Waals surface area contributed by atoms with Gasteiger partial charge in [-0.25, -0.2) is 0 Å². The van der Waals surface area contributed by atoms with Crippen LogP contribution in [0.3, 0.4) is 0 Å². The van der Waals surface area contributed by atoms with E-state index >= 15 is 0 Å². The Morgan fingerprint density at radius 3 is 2.82 bits per heavy atom. The molecule has 0 radical (unpaired) electrons. The molecule has 0 bridgehead atoms. The highest BCUT2D eigenvalue weighted by molar-refractivity contribution is 7.80. The van der Waals surface area contributed by atoms with Crippen LogP contribution in [0, 0.1) is 0 Å². The lowest BCUT2D eigenvalue weighted by molar-refractivity contribution is -0.120. The van der Waals surface area contributed by atoms with Crippen LogP contribution in [0.2, 0.25) is 5.02 Å². The van der Waals surface area contributed by atoms with Crippen molar-refractivity contribution in [1.29, 1.82) is 0 Å². The minimum Gasteiger partial charge on any atom is -0.389 e. The van der Waals surface area contributed by atoms with E-state index in [0.29, 0.717) is 23.6 Å². The van der Waals surface area contributed by atoms with Crippen molar-refractivity contribution >= 4 is 40.4 Å². The van der Waals surface area contributed by atoms with Crippen LogP contribution in [0.1, 0.15) is 12.0 Å². The fourth-order valence-electron chi connectivity index (χ4n) is 1.36. The number of carbonyl (C=O) groups excluding carboxylic acids is 1. The van der Waals surface area contributed by atoms with Gasteiger partial charge in [0.25, 0.3) is 0 Å². The van der Waals surface area contributed by atoms with Crippen molar-refractivity contribution in [3.05, 3.63) is 28.8 Å². The molecule has 4 N–H and O–H groups in total. The number of carbonyl (C=O) groups is 1. The zero-order valence-corrected chi connectivity index (χ0v) is 11.0. The summed E-state index contributed by atoms with van der Waals surface area (Å²) < 4.78 is 0. The first-order valence-electron chi connectivity index (χ1n) is 5.09. The standard InChI is InChI=1S/C11H14ClN3OS/c1-14-9(16)5-6-15-8-4-2-3-7(12)10(8)11(13)17/h2-4,15H,5-6H2,1H3,(H2,13,17)(H,14,16). The van der Waals surface area contributed by atoms with Crippen molar-refractivity contribution in [3.63, 3.8) is 0 Å². The molecule has 0 aliphatic rings. The Bertz CT molecular complexity index is 437. The molecule has 4 nitrogen and oxygen atoms in total. The van der Waals surface area contributed by atoms with Gasteiger partial charge in [-0.05, 0) is 12.1 Å². The summed E-state index contributed by atoms with van der Waals surface area (Å²) in [5.41, 5.74) is 6.96. The number of hydrogen-bond donors (Lipinski definition) is 3. The molecular formula is C11H14ClN3OS. The summed E-state index contributed by atoms with van der Waals surface area (Å²) in [5.74, 6) is -0.0311. The summed E-state index contributed by atoms with van der Waals surface area (Å²) in [7, 11) is 1.60. The third kappa shape index (κ3) is 3.87. The van der Waals surface area contributed by atoms with E-state index in [1.54, 1.807) is 19.2 Å². The van der Waals surface area contributed by atoms with Crippen LogP contribution in [0.4, 0.5) is 5.69 Å². The Balaban J connectivity index is 2.74. The summed E-state index contributed by atoms with van der Waals surface area (Å²) in [6, 6.07) is 5.34. The highest BCUT2D eigenvalue weighted by atomic mass is 35.5. The first-order valence-corrected chi connectivity index (χ1v) is 5.87. The summed E-state index contributed by atoms with van der Waals surface area (Å²) in [4.78, 5) is 11.3. The summed E-state index contributed by atoms with van der Waals surface area (Å²) in [5, 5.41) is 6.13. The third-order valence-electron chi connectivity index (χ3n) is 2.21. The molecule has 0 aliphatic carbocycles. The van der Waals surface area contributed by atoms with Gasteiger partial charge in [-0.1, -0.05) is 29.9 Å². The maximum absolute atomic E-state index is 11.1. The van der Waals surface area contributed by atoms with Crippen molar-refractivity contribution < 1.29 is 4.79 Å². The highest BCUT2D eigenvalue weighted by Crippen LogP contribution is 2.24. The topological polar surface area (TPSA) is 67.2 Å². The molecule has 0 aromatic heterocycles. The van der Waals surface area contributed by atoms with Crippen LogP contribution in [0.5, 0.6) is 0 Å². The Morgan fingerprint density at radius 2 is 2.24 bits per heavy atom. The zero-order chi connectivity index (χ0) is 12.8. The van der Waals surface area contributed by atoms with Crippen LogP contribution in [-0.2, 0) is 4.79 Å². The van der Waals surface area contributed by atoms with E-state index in [1.165, 1.54) is 0 Å². The van der Waals surface area contributed by atoms with Crippen LogP contribution in [0.15, 0.2) is 18.2 Å². The van der Waals surface area contributed by atoms with E-state index in [2.05, 4.69) is 10.6 Å². The normalized spacial score (nSPS) is 9.76. The van der Waals surface area contributed by atoms with Gasteiger partial charge in [0.15, 0.2) is 0 Å². The van der Waals surface area contributed by atoms with Crippen LogP contribution < -0.4 is 16.4 Å². The largest absolute Gasteiger partial charge is 0.389 e. The number of nitrogens with two attached hydrogens (primary N) is 1. The smallest absolute Gasteiger partial charge is 0.221 e. The number of benzene rings is 1.